The lowest BCUT2D eigenvalue weighted by atomic mass is 9.99. The van der Waals surface area contributed by atoms with Crippen LogP contribution in [0, 0.1) is 5.92 Å². The Morgan fingerprint density at radius 1 is 1.17 bits per heavy atom. The number of hydrogen-bond acceptors (Lipinski definition) is 4. The van der Waals surface area contributed by atoms with Gasteiger partial charge in [0.15, 0.2) is 0 Å². The molecule has 2 aromatic carbocycles. The second kappa shape index (κ2) is 9.08. The molecule has 1 fully saturated rings. The Morgan fingerprint density at radius 2 is 1.83 bits per heavy atom. The van der Waals surface area contributed by atoms with Gasteiger partial charge in [-0.1, -0.05) is 31.2 Å². The quantitative estimate of drug-likeness (QED) is 0.758. The number of amides is 1. The summed E-state index contributed by atoms with van der Waals surface area (Å²) in [7, 11) is -2.01. The number of sulfonamides is 1. The van der Waals surface area contributed by atoms with Crippen LogP contribution in [-0.4, -0.2) is 40.7 Å². The van der Waals surface area contributed by atoms with Gasteiger partial charge in [-0.15, -0.1) is 0 Å². The van der Waals surface area contributed by atoms with Crippen molar-refractivity contribution in [2.45, 2.75) is 32.7 Å². The number of para-hydroxylation sites is 1. The number of carbonyl (C=O) groups is 1. The zero-order valence-electron chi connectivity index (χ0n) is 18.1. The number of anilines is 2. The number of nitrogens with one attached hydrogen (secondary N) is 1. The van der Waals surface area contributed by atoms with Gasteiger partial charge in [0.2, 0.25) is 10.0 Å². The van der Waals surface area contributed by atoms with Gasteiger partial charge < -0.3 is 10.2 Å². The Morgan fingerprint density at radius 3 is 2.47 bits per heavy atom. The Balaban J connectivity index is 1.72. The summed E-state index contributed by atoms with van der Waals surface area (Å²) < 4.78 is 25.0. The van der Waals surface area contributed by atoms with Gasteiger partial charge >= 0.3 is 0 Å². The van der Waals surface area contributed by atoms with Crippen LogP contribution in [0.1, 0.15) is 48.7 Å². The lowest BCUT2D eigenvalue weighted by molar-refractivity contribution is 0.0940. The van der Waals surface area contributed by atoms with Crippen molar-refractivity contribution in [3.8, 4) is 0 Å². The molecule has 6 nitrogen and oxygen atoms in total. The van der Waals surface area contributed by atoms with Crippen molar-refractivity contribution < 1.29 is 13.2 Å². The molecule has 0 unspecified atom stereocenters. The summed E-state index contributed by atoms with van der Waals surface area (Å²) in [6.07, 6.45) is 3.62. The van der Waals surface area contributed by atoms with Crippen molar-refractivity contribution >= 4 is 27.3 Å². The predicted molar refractivity (Wildman–Crippen MR) is 123 cm³/mol. The summed E-state index contributed by atoms with van der Waals surface area (Å²) >= 11 is 0. The maximum absolute atomic E-state index is 12.9. The molecule has 0 saturated carbocycles. The van der Waals surface area contributed by atoms with Gasteiger partial charge in [0, 0.05) is 25.8 Å². The Kier molecular flexibility index (Phi) is 6.71. The fourth-order valence-electron chi connectivity index (χ4n) is 3.87. The van der Waals surface area contributed by atoms with Crippen molar-refractivity contribution in [1.29, 1.82) is 0 Å². The van der Waals surface area contributed by atoms with Crippen molar-refractivity contribution in [2.24, 2.45) is 5.92 Å². The molecule has 3 rings (SSSR count). The fourth-order valence-corrected chi connectivity index (χ4v) is 4.39. The zero-order valence-corrected chi connectivity index (χ0v) is 18.9. The van der Waals surface area contributed by atoms with Gasteiger partial charge in [0.05, 0.1) is 23.5 Å². The number of piperidine rings is 1. The predicted octanol–water partition coefficient (Wildman–Crippen LogP) is 3.81. The van der Waals surface area contributed by atoms with Gasteiger partial charge in [0.1, 0.15) is 0 Å². The van der Waals surface area contributed by atoms with E-state index < -0.39 is 10.0 Å². The Bertz CT molecular complexity index is 989. The molecule has 0 aromatic heterocycles. The van der Waals surface area contributed by atoms with Crippen molar-refractivity contribution in [3.63, 3.8) is 0 Å². The van der Waals surface area contributed by atoms with Crippen LogP contribution in [0.4, 0.5) is 11.4 Å². The minimum Gasteiger partial charge on any atom is -0.371 e. The number of hydrogen-bond donors (Lipinski definition) is 1. The third-order valence-corrected chi connectivity index (χ3v) is 6.94. The summed E-state index contributed by atoms with van der Waals surface area (Å²) in [5.74, 6) is 0.407. The third-order valence-electron chi connectivity index (χ3n) is 5.75. The average molecular weight is 430 g/mol. The smallest absolute Gasteiger partial charge is 0.253 e. The SMILES string of the molecule is C[C@H]1CCCN(c2ccc([C@@H](C)NC(=O)c3ccccc3N(C)S(C)(=O)=O)cc2)C1. The molecule has 1 aliphatic heterocycles. The molecule has 1 heterocycles. The topological polar surface area (TPSA) is 69.7 Å². The second-order valence-electron chi connectivity index (χ2n) is 8.23. The van der Waals surface area contributed by atoms with Crippen LogP contribution < -0.4 is 14.5 Å². The molecule has 1 aliphatic rings. The summed E-state index contributed by atoms with van der Waals surface area (Å²) in [6.45, 7) is 6.38. The number of carbonyl (C=O) groups excluding carboxylic acids is 1. The van der Waals surface area contributed by atoms with E-state index in [2.05, 4.69) is 29.3 Å². The van der Waals surface area contributed by atoms with E-state index in [9.17, 15) is 13.2 Å². The van der Waals surface area contributed by atoms with Crippen LogP contribution in [0.3, 0.4) is 0 Å². The van der Waals surface area contributed by atoms with Crippen LogP contribution in [0.5, 0.6) is 0 Å². The van der Waals surface area contributed by atoms with Crippen LogP contribution >= 0.6 is 0 Å². The van der Waals surface area contributed by atoms with Gasteiger partial charge in [-0.2, -0.15) is 0 Å². The van der Waals surface area contributed by atoms with Crippen LogP contribution in [0.15, 0.2) is 48.5 Å². The number of benzene rings is 2. The highest BCUT2D eigenvalue weighted by molar-refractivity contribution is 7.92. The lowest BCUT2D eigenvalue weighted by Gasteiger charge is -2.33. The Hall–Kier alpha value is -2.54. The molecule has 0 radical (unpaired) electrons. The van der Waals surface area contributed by atoms with Gasteiger partial charge in [-0.05, 0) is 55.5 Å². The highest BCUT2D eigenvalue weighted by Crippen LogP contribution is 2.26. The average Bonchev–Trinajstić information content (AvgIpc) is 2.72. The van der Waals surface area contributed by atoms with Gasteiger partial charge in [0.25, 0.3) is 5.91 Å². The summed E-state index contributed by atoms with van der Waals surface area (Å²) in [5, 5.41) is 2.99. The first kappa shape index (κ1) is 22.2. The maximum Gasteiger partial charge on any atom is 0.253 e. The molecule has 2 atom stereocenters. The minimum atomic E-state index is -3.46. The molecule has 7 heteroatoms. The second-order valence-corrected chi connectivity index (χ2v) is 10.2. The highest BCUT2D eigenvalue weighted by Gasteiger charge is 2.21. The van der Waals surface area contributed by atoms with Gasteiger partial charge in [-0.3, -0.25) is 9.10 Å². The highest BCUT2D eigenvalue weighted by atomic mass is 32.2. The van der Waals surface area contributed by atoms with E-state index in [4.69, 9.17) is 0 Å². The van der Waals surface area contributed by atoms with Crippen molar-refractivity contribution in [2.75, 3.05) is 35.6 Å². The van der Waals surface area contributed by atoms with Gasteiger partial charge in [-0.25, -0.2) is 8.42 Å². The van der Waals surface area contributed by atoms with E-state index >= 15 is 0 Å². The van der Waals surface area contributed by atoms with E-state index in [0.717, 1.165) is 29.2 Å². The van der Waals surface area contributed by atoms with Crippen molar-refractivity contribution in [1.82, 2.24) is 5.32 Å². The van der Waals surface area contributed by atoms with E-state index in [1.165, 1.54) is 25.6 Å². The molecule has 0 spiro atoms. The fraction of sp³-hybridized carbons (Fsp3) is 0.435. The van der Waals surface area contributed by atoms with Crippen LogP contribution in [-0.2, 0) is 10.0 Å². The first-order valence-corrected chi connectivity index (χ1v) is 12.2. The molecule has 30 heavy (non-hydrogen) atoms. The van der Waals surface area contributed by atoms with E-state index in [1.807, 2.05) is 19.1 Å². The molecule has 1 saturated heterocycles. The molecule has 162 valence electrons. The third kappa shape index (κ3) is 5.14. The van der Waals surface area contributed by atoms with E-state index in [-0.39, 0.29) is 11.9 Å². The molecule has 0 bridgehead atoms. The van der Waals surface area contributed by atoms with Crippen LogP contribution in [0.2, 0.25) is 0 Å². The molecule has 0 aliphatic carbocycles. The van der Waals surface area contributed by atoms with E-state index in [0.29, 0.717) is 17.2 Å². The lowest BCUT2D eigenvalue weighted by Crippen LogP contribution is -2.34. The zero-order chi connectivity index (χ0) is 21.9. The monoisotopic (exact) mass is 429 g/mol. The normalized spacial score (nSPS) is 18.0. The molecule has 2 aromatic rings. The summed E-state index contributed by atoms with van der Waals surface area (Å²) in [5.41, 5.74) is 2.91. The Labute approximate surface area is 179 Å². The summed E-state index contributed by atoms with van der Waals surface area (Å²) in [6, 6.07) is 14.8. The standard InChI is InChI=1S/C23H31N3O3S/c1-17-8-7-15-26(16-17)20-13-11-19(12-14-20)18(2)24-23(27)21-9-5-6-10-22(21)25(3)30(4,28)29/h5-6,9-14,17-18H,7-8,15-16H2,1-4H3,(H,24,27)/t17-,18+/m0/s1. The molecular weight excluding hydrogens is 398 g/mol. The minimum absolute atomic E-state index is 0.205. The number of nitrogens with zero attached hydrogens (tertiary/aromatic N) is 2. The number of rotatable bonds is 6. The maximum atomic E-state index is 12.9. The first-order valence-electron chi connectivity index (χ1n) is 10.4. The van der Waals surface area contributed by atoms with Crippen molar-refractivity contribution in [3.05, 3.63) is 59.7 Å². The molecular formula is C23H31N3O3S. The molecule has 1 amide bonds. The first-order chi connectivity index (χ1) is 14.2. The summed E-state index contributed by atoms with van der Waals surface area (Å²) in [4.78, 5) is 15.3. The largest absolute Gasteiger partial charge is 0.371 e. The molecule has 1 N–H and O–H groups in total. The van der Waals surface area contributed by atoms with E-state index in [1.54, 1.807) is 24.3 Å². The van der Waals surface area contributed by atoms with Crippen LogP contribution in [0.25, 0.3) is 0 Å².